The van der Waals surface area contributed by atoms with Crippen LogP contribution < -0.4 is 5.32 Å². The summed E-state index contributed by atoms with van der Waals surface area (Å²) in [7, 11) is -3.31. The lowest BCUT2D eigenvalue weighted by Gasteiger charge is -2.20. The highest BCUT2D eigenvalue weighted by Crippen LogP contribution is 2.23. The molecule has 5 nitrogen and oxygen atoms in total. The Bertz CT molecular complexity index is 1150. The van der Waals surface area contributed by atoms with E-state index in [1.165, 1.54) is 0 Å². The summed E-state index contributed by atoms with van der Waals surface area (Å²) in [5.41, 5.74) is 4.35. The van der Waals surface area contributed by atoms with Crippen LogP contribution in [0.1, 0.15) is 51.5 Å². The van der Waals surface area contributed by atoms with Crippen LogP contribution in [0.15, 0.2) is 78.9 Å². The van der Waals surface area contributed by atoms with E-state index in [4.69, 9.17) is 0 Å². The highest BCUT2D eigenvalue weighted by molar-refractivity contribution is 7.88. The molecule has 1 aliphatic rings. The van der Waals surface area contributed by atoms with Crippen LogP contribution >= 0.6 is 0 Å². The number of nitrogens with one attached hydrogen (secondary N) is 1. The molecule has 0 unspecified atom stereocenters. The Hall–Kier alpha value is -2.96. The predicted molar refractivity (Wildman–Crippen MR) is 127 cm³/mol. The van der Waals surface area contributed by atoms with Crippen molar-refractivity contribution in [2.24, 2.45) is 0 Å². The second-order valence-electron chi connectivity index (χ2n) is 8.29. The van der Waals surface area contributed by atoms with Crippen molar-refractivity contribution in [3.8, 4) is 0 Å². The number of aryl methyl sites for hydroxylation is 1. The summed E-state index contributed by atoms with van der Waals surface area (Å²) in [6, 6.07) is 24.6. The van der Waals surface area contributed by atoms with Gasteiger partial charge in [0.2, 0.25) is 10.0 Å². The molecule has 1 N–H and O–H groups in total. The van der Waals surface area contributed by atoms with Gasteiger partial charge in [0, 0.05) is 18.7 Å². The molecule has 1 heterocycles. The summed E-state index contributed by atoms with van der Waals surface area (Å²) in [5.74, 6) is -0.237. The molecule has 0 aliphatic carbocycles. The largest absolute Gasteiger partial charge is 0.341 e. The van der Waals surface area contributed by atoms with Crippen molar-refractivity contribution in [2.75, 3.05) is 13.1 Å². The van der Waals surface area contributed by atoms with Crippen molar-refractivity contribution in [1.82, 2.24) is 9.62 Å². The lowest BCUT2D eigenvalue weighted by atomic mass is 9.97. The molecule has 166 valence electrons. The number of carbonyl (C=O) groups is 1. The topological polar surface area (TPSA) is 66.5 Å². The van der Waals surface area contributed by atoms with Crippen LogP contribution in [0.25, 0.3) is 0 Å². The quantitative estimate of drug-likeness (QED) is 0.581. The summed E-state index contributed by atoms with van der Waals surface area (Å²) in [6.45, 7) is 3.23. The highest BCUT2D eigenvalue weighted by atomic mass is 32.2. The molecule has 4 rings (SSSR count). The number of sulfonamides is 1. The second kappa shape index (κ2) is 9.67. The van der Waals surface area contributed by atoms with Crippen molar-refractivity contribution in [3.05, 3.63) is 107 Å². The first-order valence-corrected chi connectivity index (χ1v) is 12.5. The summed E-state index contributed by atoms with van der Waals surface area (Å²) in [6.07, 6.45) is 1.84. The zero-order chi connectivity index (χ0) is 22.6. The van der Waals surface area contributed by atoms with Gasteiger partial charge in [0.15, 0.2) is 0 Å². The van der Waals surface area contributed by atoms with Gasteiger partial charge in [-0.05, 0) is 48.6 Å². The van der Waals surface area contributed by atoms with Crippen molar-refractivity contribution in [2.45, 2.75) is 31.6 Å². The number of amides is 1. The van der Waals surface area contributed by atoms with Gasteiger partial charge >= 0.3 is 0 Å². The minimum atomic E-state index is -3.31. The summed E-state index contributed by atoms with van der Waals surface area (Å²) in [5, 5.41) is 3.13. The van der Waals surface area contributed by atoms with Crippen molar-refractivity contribution in [1.29, 1.82) is 0 Å². The molecule has 0 radical (unpaired) electrons. The van der Waals surface area contributed by atoms with Gasteiger partial charge in [0.05, 0.1) is 11.8 Å². The van der Waals surface area contributed by atoms with Gasteiger partial charge in [-0.15, -0.1) is 0 Å². The minimum absolute atomic E-state index is 0.0368. The Labute approximate surface area is 190 Å². The SMILES string of the molecule is Cc1ccc([C@H](NC(=O)c2ccc(CS(=O)(=O)N3CCCC3)cc2)c2ccccc2)cc1. The van der Waals surface area contributed by atoms with Gasteiger partial charge in [0.1, 0.15) is 0 Å². The fourth-order valence-corrected chi connectivity index (χ4v) is 5.61. The van der Waals surface area contributed by atoms with Crippen LogP contribution in [-0.4, -0.2) is 31.7 Å². The van der Waals surface area contributed by atoms with Crippen LogP contribution in [0.5, 0.6) is 0 Å². The molecule has 0 spiro atoms. The van der Waals surface area contributed by atoms with Gasteiger partial charge < -0.3 is 5.32 Å². The maximum atomic E-state index is 13.0. The molecule has 3 aromatic carbocycles. The summed E-state index contributed by atoms with van der Waals surface area (Å²) >= 11 is 0. The van der Waals surface area contributed by atoms with E-state index in [1.807, 2.05) is 61.5 Å². The summed E-state index contributed by atoms with van der Waals surface area (Å²) < 4.78 is 26.7. The van der Waals surface area contributed by atoms with E-state index < -0.39 is 10.0 Å². The number of hydrogen-bond donors (Lipinski definition) is 1. The third-order valence-electron chi connectivity index (χ3n) is 5.84. The lowest BCUT2D eigenvalue weighted by molar-refractivity contribution is 0.0943. The standard InChI is InChI=1S/C26H28N2O3S/c1-20-9-13-23(14-10-20)25(22-7-3-2-4-8-22)27-26(29)24-15-11-21(12-16-24)19-32(30,31)28-17-5-6-18-28/h2-4,7-16,25H,5-6,17-19H2,1H3,(H,27,29)/t25-/m1/s1. The van der Waals surface area contributed by atoms with Gasteiger partial charge in [-0.2, -0.15) is 0 Å². The number of carbonyl (C=O) groups excluding carboxylic acids is 1. The first-order chi connectivity index (χ1) is 15.4. The molecule has 1 saturated heterocycles. The maximum absolute atomic E-state index is 13.0. The third-order valence-corrected chi connectivity index (χ3v) is 7.69. The first-order valence-electron chi connectivity index (χ1n) is 10.9. The number of rotatable bonds is 7. The van der Waals surface area contributed by atoms with Gasteiger partial charge in [-0.1, -0.05) is 72.3 Å². The highest BCUT2D eigenvalue weighted by Gasteiger charge is 2.25. The van der Waals surface area contributed by atoms with E-state index in [0.717, 1.165) is 29.5 Å². The van der Waals surface area contributed by atoms with E-state index in [9.17, 15) is 13.2 Å². The fourth-order valence-electron chi connectivity index (χ4n) is 4.00. The average molecular weight is 449 g/mol. The smallest absolute Gasteiger partial charge is 0.252 e. The Morgan fingerprint density at radius 2 is 1.47 bits per heavy atom. The zero-order valence-electron chi connectivity index (χ0n) is 18.2. The zero-order valence-corrected chi connectivity index (χ0v) is 19.0. The van der Waals surface area contributed by atoms with Gasteiger partial charge in [-0.25, -0.2) is 12.7 Å². The molecular weight excluding hydrogens is 420 g/mol. The monoisotopic (exact) mass is 448 g/mol. The third kappa shape index (κ3) is 5.26. The predicted octanol–water partition coefficient (Wildman–Crippen LogP) is 4.44. The van der Waals surface area contributed by atoms with Crippen LogP contribution in [0.3, 0.4) is 0 Å². The minimum Gasteiger partial charge on any atom is -0.341 e. The molecule has 32 heavy (non-hydrogen) atoms. The Morgan fingerprint density at radius 1 is 0.875 bits per heavy atom. The van der Waals surface area contributed by atoms with Crippen molar-refractivity contribution >= 4 is 15.9 Å². The fraction of sp³-hybridized carbons (Fsp3) is 0.269. The number of nitrogens with zero attached hydrogens (tertiary/aromatic N) is 1. The molecule has 1 atom stereocenters. The molecule has 0 aromatic heterocycles. The summed E-state index contributed by atoms with van der Waals surface area (Å²) in [4.78, 5) is 13.0. The van der Waals surface area contributed by atoms with E-state index in [1.54, 1.807) is 28.6 Å². The van der Waals surface area contributed by atoms with Gasteiger partial charge in [0.25, 0.3) is 5.91 Å². The Balaban J connectivity index is 1.50. The Morgan fingerprint density at radius 3 is 2.09 bits per heavy atom. The normalized spacial score (nSPS) is 15.4. The molecular formula is C26H28N2O3S. The van der Waals surface area contributed by atoms with E-state index >= 15 is 0 Å². The number of benzene rings is 3. The average Bonchev–Trinajstić information content (AvgIpc) is 3.35. The van der Waals surface area contributed by atoms with E-state index in [2.05, 4.69) is 5.32 Å². The van der Waals surface area contributed by atoms with Crippen LogP contribution in [-0.2, 0) is 15.8 Å². The van der Waals surface area contributed by atoms with Gasteiger partial charge in [-0.3, -0.25) is 4.79 Å². The number of hydrogen-bond acceptors (Lipinski definition) is 3. The molecule has 6 heteroatoms. The van der Waals surface area contributed by atoms with Crippen molar-refractivity contribution < 1.29 is 13.2 Å². The molecule has 1 amide bonds. The molecule has 3 aromatic rings. The lowest BCUT2D eigenvalue weighted by Crippen LogP contribution is -2.30. The van der Waals surface area contributed by atoms with E-state index in [0.29, 0.717) is 24.2 Å². The Kier molecular flexibility index (Phi) is 6.72. The molecule has 1 aliphatic heterocycles. The van der Waals surface area contributed by atoms with E-state index in [-0.39, 0.29) is 17.7 Å². The van der Waals surface area contributed by atoms with Crippen LogP contribution in [0, 0.1) is 6.92 Å². The maximum Gasteiger partial charge on any atom is 0.252 e. The first kappa shape index (κ1) is 22.2. The van der Waals surface area contributed by atoms with Crippen molar-refractivity contribution in [3.63, 3.8) is 0 Å². The molecule has 1 fully saturated rings. The second-order valence-corrected chi connectivity index (χ2v) is 10.3. The molecule has 0 saturated carbocycles. The van der Waals surface area contributed by atoms with Crippen LogP contribution in [0.4, 0.5) is 0 Å². The molecule has 0 bridgehead atoms. The van der Waals surface area contributed by atoms with Crippen LogP contribution in [0.2, 0.25) is 0 Å².